The topological polar surface area (TPSA) is 0 Å². The smallest absolute Gasteiger partial charge is 0.0299 e. The third-order valence-corrected chi connectivity index (χ3v) is 16.9. The minimum absolute atomic E-state index is 0.151. The van der Waals surface area contributed by atoms with Crippen molar-refractivity contribution in [2.75, 3.05) is 0 Å². The monoisotopic (exact) mass is 822 g/mol. The summed E-state index contributed by atoms with van der Waals surface area (Å²) in [5, 5.41) is 0. The average Bonchev–Trinajstić information content (AvgIpc) is 3.32. The first-order chi connectivity index (χ1) is 31.4. The molecule has 0 radical (unpaired) electrons. The second-order valence-corrected chi connectivity index (χ2v) is 21.0. The molecule has 8 saturated carbocycles. The van der Waals surface area contributed by atoms with E-state index in [4.69, 9.17) is 0 Å². The molecule has 4 atom stereocenters. The molecule has 6 aromatic rings. The summed E-state index contributed by atoms with van der Waals surface area (Å²) in [5.41, 5.74) is 12.7. The van der Waals surface area contributed by atoms with Crippen LogP contribution in [-0.2, 0) is 10.8 Å². The molecule has 0 amide bonds. The molecular formula is C64H54. The zero-order valence-electron chi connectivity index (χ0n) is 36.8. The molecule has 4 unspecified atom stereocenters. The van der Waals surface area contributed by atoms with Crippen molar-refractivity contribution in [1.29, 1.82) is 0 Å². The van der Waals surface area contributed by atoms with Crippen molar-refractivity contribution in [3.05, 3.63) is 213 Å². The van der Waals surface area contributed by atoms with Crippen molar-refractivity contribution in [2.24, 2.45) is 34.5 Å². The largest absolute Gasteiger partial charge is 0.0622 e. The summed E-state index contributed by atoms with van der Waals surface area (Å²) in [7, 11) is 0. The van der Waals surface area contributed by atoms with Crippen LogP contribution in [0.15, 0.2) is 158 Å². The van der Waals surface area contributed by atoms with Crippen LogP contribution in [0.2, 0.25) is 0 Å². The molecule has 0 N–H and O–H groups in total. The Kier molecular flexibility index (Phi) is 9.59. The molecule has 0 spiro atoms. The van der Waals surface area contributed by atoms with E-state index in [1.54, 1.807) is 0 Å². The minimum atomic E-state index is 0.151. The van der Waals surface area contributed by atoms with Crippen LogP contribution in [0.3, 0.4) is 0 Å². The molecule has 6 aromatic carbocycles. The van der Waals surface area contributed by atoms with Crippen molar-refractivity contribution in [3.63, 3.8) is 0 Å². The van der Waals surface area contributed by atoms with Gasteiger partial charge in [-0.05, 0) is 206 Å². The molecule has 8 fully saturated rings. The van der Waals surface area contributed by atoms with Crippen molar-refractivity contribution < 1.29 is 0 Å². The Bertz CT molecular complexity index is 2760. The highest BCUT2D eigenvalue weighted by atomic mass is 14.7. The second kappa shape index (κ2) is 15.7. The van der Waals surface area contributed by atoms with E-state index in [9.17, 15) is 0 Å². The van der Waals surface area contributed by atoms with Gasteiger partial charge < -0.3 is 0 Å². The molecule has 0 heterocycles. The maximum absolute atomic E-state index is 3.78. The Morgan fingerprint density at radius 1 is 0.297 bits per heavy atom. The van der Waals surface area contributed by atoms with E-state index in [1.165, 1.54) is 99.3 Å². The van der Waals surface area contributed by atoms with E-state index in [2.05, 4.69) is 205 Å². The Labute approximate surface area is 381 Å². The fourth-order valence-corrected chi connectivity index (χ4v) is 15.4. The standard InChI is InChI=1S/C64H54/c1-5-13-47(14-6-1)21-23-51-27-31-59(57(35-51)29-25-49-17-9-3-10-18-49)61-37-53-33-54(38-61)42-63(41-53,45-61)64-43-55-34-56(44-64)40-62(39-55,46-64)60-32-28-52(24-22-48-15-7-2-8-16-48)36-58(60)30-26-50-19-11-4-12-20-50/h1-20,27-28,31-32,35-36,53-56H,33-34,37-46H2. The number of hydrogen-bond acceptors (Lipinski definition) is 0. The molecule has 0 aliphatic heterocycles. The quantitative estimate of drug-likeness (QED) is 0.156. The van der Waals surface area contributed by atoms with Gasteiger partial charge in [-0.15, -0.1) is 0 Å². The molecule has 0 heteroatoms. The van der Waals surface area contributed by atoms with Gasteiger partial charge in [-0.25, -0.2) is 0 Å². The summed E-state index contributed by atoms with van der Waals surface area (Å²) >= 11 is 0. The Hall–Kier alpha value is -6.44. The van der Waals surface area contributed by atoms with E-state index in [-0.39, 0.29) is 10.8 Å². The van der Waals surface area contributed by atoms with Gasteiger partial charge in [0.1, 0.15) is 0 Å². The molecule has 8 aliphatic carbocycles. The minimum Gasteiger partial charge on any atom is -0.0622 e. The predicted octanol–water partition coefficient (Wildman–Crippen LogP) is 13.7. The summed E-state index contributed by atoms with van der Waals surface area (Å²) in [6.45, 7) is 0. The number of hydrogen-bond donors (Lipinski definition) is 0. The Morgan fingerprint density at radius 3 is 0.922 bits per heavy atom. The summed E-state index contributed by atoms with van der Waals surface area (Å²) in [6.07, 6.45) is 16.3. The van der Waals surface area contributed by atoms with Crippen molar-refractivity contribution in [3.8, 4) is 47.4 Å². The molecule has 64 heavy (non-hydrogen) atoms. The summed E-state index contributed by atoms with van der Waals surface area (Å²) < 4.78 is 0. The van der Waals surface area contributed by atoms with Gasteiger partial charge in [-0.3, -0.25) is 0 Å². The van der Waals surface area contributed by atoms with E-state index >= 15 is 0 Å². The van der Waals surface area contributed by atoms with Gasteiger partial charge in [0, 0.05) is 44.5 Å². The highest BCUT2D eigenvalue weighted by molar-refractivity contribution is 5.57. The SMILES string of the molecule is C(#Cc1ccc(C23CC4CC(C2)CC(C25CC6CC(CC(c7ccc(C#Cc8ccccc8)cc7C#Cc7ccccc7)(C6)C2)C5)(C4)C3)c(C#Cc2ccccc2)c1)c1ccccc1. The van der Waals surface area contributed by atoms with Gasteiger partial charge in [0.2, 0.25) is 0 Å². The molecule has 8 bridgehead atoms. The highest BCUT2D eigenvalue weighted by Crippen LogP contribution is 2.79. The lowest BCUT2D eigenvalue weighted by atomic mass is 9.30. The third-order valence-electron chi connectivity index (χ3n) is 16.9. The first-order valence-electron chi connectivity index (χ1n) is 24.0. The molecule has 310 valence electrons. The van der Waals surface area contributed by atoms with Crippen LogP contribution in [0.4, 0.5) is 0 Å². The molecule has 0 aromatic heterocycles. The van der Waals surface area contributed by atoms with Crippen LogP contribution >= 0.6 is 0 Å². The van der Waals surface area contributed by atoms with Gasteiger partial charge in [0.15, 0.2) is 0 Å². The van der Waals surface area contributed by atoms with Crippen LogP contribution in [0.25, 0.3) is 0 Å². The van der Waals surface area contributed by atoms with Gasteiger partial charge >= 0.3 is 0 Å². The molecule has 8 aliphatic rings. The molecule has 0 nitrogen and oxygen atoms in total. The van der Waals surface area contributed by atoms with Crippen LogP contribution in [-0.4, -0.2) is 0 Å². The highest BCUT2D eigenvalue weighted by Gasteiger charge is 2.70. The molecule has 0 saturated heterocycles. The van der Waals surface area contributed by atoms with Crippen molar-refractivity contribution in [1.82, 2.24) is 0 Å². The lowest BCUT2D eigenvalue weighted by Crippen LogP contribution is -2.66. The second-order valence-electron chi connectivity index (χ2n) is 21.0. The number of benzene rings is 6. The first kappa shape index (κ1) is 39.2. The summed E-state index contributed by atoms with van der Waals surface area (Å²) in [6, 6.07) is 56.1. The molecule has 14 rings (SSSR count). The third kappa shape index (κ3) is 7.11. The van der Waals surface area contributed by atoms with E-state index < -0.39 is 0 Å². The van der Waals surface area contributed by atoms with Gasteiger partial charge in [0.05, 0.1) is 0 Å². The maximum atomic E-state index is 3.78. The van der Waals surface area contributed by atoms with Crippen LogP contribution in [0, 0.1) is 81.9 Å². The van der Waals surface area contributed by atoms with Gasteiger partial charge in [-0.1, -0.05) is 132 Å². The Balaban J connectivity index is 0.939. The van der Waals surface area contributed by atoms with Gasteiger partial charge in [0.25, 0.3) is 0 Å². The fraction of sp³-hybridized carbons (Fsp3) is 0.312. The maximum Gasteiger partial charge on any atom is 0.0299 e. The lowest BCUT2D eigenvalue weighted by molar-refractivity contribution is -0.212. The van der Waals surface area contributed by atoms with E-state index in [0.29, 0.717) is 10.8 Å². The van der Waals surface area contributed by atoms with Crippen LogP contribution < -0.4 is 0 Å². The van der Waals surface area contributed by atoms with Gasteiger partial charge in [-0.2, -0.15) is 0 Å². The molecular weight excluding hydrogens is 769 g/mol. The zero-order valence-corrected chi connectivity index (χ0v) is 36.8. The normalized spacial score (nSPS) is 29.8. The van der Waals surface area contributed by atoms with E-state index in [0.717, 1.165) is 57.1 Å². The zero-order chi connectivity index (χ0) is 42.6. The number of rotatable bonds is 3. The Morgan fingerprint density at radius 2 is 0.594 bits per heavy atom. The van der Waals surface area contributed by atoms with Crippen LogP contribution in [0.5, 0.6) is 0 Å². The summed E-state index contributed by atoms with van der Waals surface area (Å²) in [4.78, 5) is 0. The average molecular weight is 823 g/mol. The fourth-order valence-electron chi connectivity index (χ4n) is 15.4. The lowest BCUT2D eigenvalue weighted by Gasteiger charge is -2.74. The first-order valence-corrected chi connectivity index (χ1v) is 24.0. The predicted molar refractivity (Wildman–Crippen MR) is 260 cm³/mol. The van der Waals surface area contributed by atoms with Crippen LogP contribution in [0.1, 0.15) is 133 Å². The van der Waals surface area contributed by atoms with Crippen molar-refractivity contribution >= 4 is 0 Å². The van der Waals surface area contributed by atoms with Crippen molar-refractivity contribution in [2.45, 2.75) is 87.9 Å². The summed E-state index contributed by atoms with van der Waals surface area (Å²) in [5.74, 6) is 31.8. The van der Waals surface area contributed by atoms with E-state index in [1.807, 2.05) is 0 Å².